The molecule has 0 saturated carbocycles. The molecule has 1 unspecified atom stereocenters. The zero-order valence-corrected chi connectivity index (χ0v) is 9.75. The van der Waals surface area contributed by atoms with Gasteiger partial charge in [-0.1, -0.05) is 17.7 Å². The molecule has 2 N–H and O–H groups in total. The summed E-state index contributed by atoms with van der Waals surface area (Å²) in [5.74, 6) is -1.52. The van der Waals surface area contributed by atoms with Crippen LogP contribution >= 0.6 is 11.6 Å². The standard InChI is InChI=1S/C11H13ClFNO2/c1-6(2)14-10(11(15)16)8-4-3-7(13)5-9(8)12/h3-6,10,14H,1-2H3,(H,15,16). The first-order valence-corrected chi connectivity index (χ1v) is 5.23. The predicted octanol–water partition coefficient (Wildman–Crippen LogP) is 2.60. The van der Waals surface area contributed by atoms with Crippen LogP contribution in [0.1, 0.15) is 25.5 Å². The Balaban J connectivity index is 3.06. The molecule has 0 aromatic heterocycles. The molecule has 0 aliphatic heterocycles. The number of hydrogen-bond acceptors (Lipinski definition) is 2. The van der Waals surface area contributed by atoms with E-state index < -0.39 is 17.8 Å². The maximum atomic E-state index is 12.8. The number of carbonyl (C=O) groups is 1. The van der Waals surface area contributed by atoms with Crippen LogP contribution in [0.2, 0.25) is 5.02 Å². The molecular formula is C11H13ClFNO2. The molecule has 16 heavy (non-hydrogen) atoms. The average Bonchev–Trinajstić information content (AvgIpc) is 2.14. The van der Waals surface area contributed by atoms with E-state index in [9.17, 15) is 9.18 Å². The first-order valence-electron chi connectivity index (χ1n) is 4.85. The lowest BCUT2D eigenvalue weighted by Crippen LogP contribution is -2.33. The third kappa shape index (κ3) is 3.18. The largest absolute Gasteiger partial charge is 0.480 e. The third-order valence-corrected chi connectivity index (χ3v) is 2.35. The predicted molar refractivity (Wildman–Crippen MR) is 60.1 cm³/mol. The van der Waals surface area contributed by atoms with E-state index in [-0.39, 0.29) is 11.1 Å². The van der Waals surface area contributed by atoms with Crippen LogP contribution < -0.4 is 5.32 Å². The van der Waals surface area contributed by atoms with Crippen LogP contribution in [-0.2, 0) is 4.79 Å². The van der Waals surface area contributed by atoms with Crippen LogP contribution in [0.4, 0.5) is 4.39 Å². The summed E-state index contributed by atoms with van der Waals surface area (Å²) in [6.07, 6.45) is 0. The van der Waals surface area contributed by atoms with Crippen LogP contribution in [0.25, 0.3) is 0 Å². The fraction of sp³-hybridized carbons (Fsp3) is 0.364. The lowest BCUT2D eigenvalue weighted by atomic mass is 10.1. The summed E-state index contributed by atoms with van der Waals surface area (Å²) in [5.41, 5.74) is 0.365. The van der Waals surface area contributed by atoms with E-state index >= 15 is 0 Å². The van der Waals surface area contributed by atoms with Crippen molar-refractivity contribution < 1.29 is 14.3 Å². The van der Waals surface area contributed by atoms with E-state index in [1.54, 1.807) is 0 Å². The van der Waals surface area contributed by atoms with Gasteiger partial charge in [0, 0.05) is 11.1 Å². The Morgan fingerprint density at radius 2 is 2.12 bits per heavy atom. The number of carboxylic acid groups (broad SMARTS) is 1. The van der Waals surface area contributed by atoms with Gasteiger partial charge in [-0.15, -0.1) is 0 Å². The number of nitrogens with one attached hydrogen (secondary N) is 1. The Kier molecular flexibility index (Phi) is 4.26. The maximum absolute atomic E-state index is 12.8. The molecule has 0 fully saturated rings. The highest BCUT2D eigenvalue weighted by Crippen LogP contribution is 2.24. The molecular weight excluding hydrogens is 233 g/mol. The summed E-state index contributed by atoms with van der Waals surface area (Å²) in [7, 11) is 0. The molecule has 0 bridgehead atoms. The van der Waals surface area contributed by atoms with Gasteiger partial charge in [0.05, 0.1) is 0 Å². The molecule has 0 spiro atoms. The molecule has 0 aliphatic rings. The van der Waals surface area contributed by atoms with Crippen molar-refractivity contribution in [1.29, 1.82) is 0 Å². The van der Waals surface area contributed by atoms with Gasteiger partial charge in [0.2, 0.25) is 0 Å². The van der Waals surface area contributed by atoms with E-state index in [0.717, 1.165) is 6.07 Å². The average molecular weight is 246 g/mol. The highest BCUT2D eigenvalue weighted by atomic mass is 35.5. The van der Waals surface area contributed by atoms with Gasteiger partial charge in [-0.2, -0.15) is 0 Å². The lowest BCUT2D eigenvalue weighted by Gasteiger charge is -2.18. The Hall–Kier alpha value is -1.13. The second-order valence-electron chi connectivity index (χ2n) is 3.76. The van der Waals surface area contributed by atoms with Crippen LogP contribution in [-0.4, -0.2) is 17.1 Å². The van der Waals surface area contributed by atoms with E-state index in [2.05, 4.69) is 5.32 Å². The summed E-state index contributed by atoms with van der Waals surface area (Å²) in [4.78, 5) is 11.1. The van der Waals surface area contributed by atoms with E-state index in [1.807, 2.05) is 13.8 Å². The van der Waals surface area contributed by atoms with Gasteiger partial charge in [0.15, 0.2) is 0 Å². The molecule has 0 aliphatic carbocycles. The Morgan fingerprint density at radius 3 is 2.56 bits per heavy atom. The molecule has 5 heteroatoms. The lowest BCUT2D eigenvalue weighted by molar-refractivity contribution is -0.139. The molecule has 0 amide bonds. The summed E-state index contributed by atoms with van der Waals surface area (Å²) in [6.45, 7) is 3.65. The topological polar surface area (TPSA) is 49.3 Å². The van der Waals surface area contributed by atoms with Crippen LogP contribution in [0, 0.1) is 5.82 Å². The molecule has 1 rings (SSSR count). The molecule has 3 nitrogen and oxygen atoms in total. The fourth-order valence-corrected chi connectivity index (χ4v) is 1.64. The van der Waals surface area contributed by atoms with Gasteiger partial charge < -0.3 is 5.11 Å². The Morgan fingerprint density at radius 1 is 1.50 bits per heavy atom. The maximum Gasteiger partial charge on any atom is 0.325 e. The van der Waals surface area contributed by atoms with Crippen LogP contribution in [0.15, 0.2) is 18.2 Å². The summed E-state index contributed by atoms with van der Waals surface area (Å²) < 4.78 is 12.8. The molecule has 1 aromatic rings. The molecule has 1 aromatic carbocycles. The smallest absolute Gasteiger partial charge is 0.325 e. The minimum absolute atomic E-state index is 0.0118. The van der Waals surface area contributed by atoms with Gasteiger partial charge >= 0.3 is 5.97 Å². The summed E-state index contributed by atoms with van der Waals surface area (Å²) in [5, 5.41) is 12.0. The van der Waals surface area contributed by atoms with Crippen molar-refractivity contribution >= 4 is 17.6 Å². The van der Waals surface area contributed by atoms with Crippen LogP contribution in [0.5, 0.6) is 0 Å². The highest BCUT2D eigenvalue weighted by Gasteiger charge is 2.22. The number of benzene rings is 1. The normalized spacial score (nSPS) is 12.8. The number of rotatable bonds is 4. The summed E-state index contributed by atoms with van der Waals surface area (Å²) >= 11 is 5.81. The third-order valence-electron chi connectivity index (χ3n) is 2.02. The molecule has 88 valence electrons. The van der Waals surface area contributed by atoms with Crippen molar-refractivity contribution in [3.05, 3.63) is 34.6 Å². The van der Waals surface area contributed by atoms with E-state index in [4.69, 9.17) is 16.7 Å². The van der Waals surface area contributed by atoms with Gasteiger partial charge in [0.1, 0.15) is 11.9 Å². The minimum Gasteiger partial charge on any atom is -0.480 e. The molecule has 1 atom stereocenters. The summed E-state index contributed by atoms with van der Waals surface area (Å²) in [6, 6.07) is 2.75. The van der Waals surface area contributed by atoms with E-state index in [1.165, 1.54) is 12.1 Å². The Labute approximate surface area is 98.2 Å². The number of carboxylic acids is 1. The molecule has 0 heterocycles. The molecule has 0 saturated heterocycles. The van der Waals surface area contributed by atoms with Crippen molar-refractivity contribution in [2.75, 3.05) is 0 Å². The van der Waals surface area contributed by atoms with Gasteiger partial charge in [-0.05, 0) is 31.5 Å². The fourth-order valence-electron chi connectivity index (χ4n) is 1.36. The van der Waals surface area contributed by atoms with Gasteiger partial charge in [-0.25, -0.2) is 4.39 Å². The first-order chi connectivity index (χ1) is 7.41. The minimum atomic E-state index is -1.04. The van der Waals surface area contributed by atoms with Gasteiger partial charge in [-0.3, -0.25) is 10.1 Å². The zero-order chi connectivity index (χ0) is 12.3. The highest BCUT2D eigenvalue weighted by molar-refractivity contribution is 6.31. The van der Waals surface area contributed by atoms with Crippen molar-refractivity contribution in [2.24, 2.45) is 0 Å². The van der Waals surface area contributed by atoms with Crippen molar-refractivity contribution in [2.45, 2.75) is 25.9 Å². The van der Waals surface area contributed by atoms with Gasteiger partial charge in [0.25, 0.3) is 0 Å². The monoisotopic (exact) mass is 245 g/mol. The second kappa shape index (κ2) is 5.27. The molecule has 0 radical (unpaired) electrons. The Bertz CT molecular complexity index is 396. The van der Waals surface area contributed by atoms with Crippen molar-refractivity contribution in [1.82, 2.24) is 5.32 Å². The number of hydrogen-bond donors (Lipinski definition) is 2. The second-order valence-corrected chi connectivity index (χ2v) is 4.17. The van der Waals surface area contributed by atoms with Crippen LogP contribution in [0.3, 0.4) is 0 Å². The number of halogens is 2. The number of aliphatic carboxylic acids is 1. The SMILES string of the molecule is CC(C)NC(C(=O)O)c1ccc(F)cc1Cl. The van der Waals surface area contributed by atoms with Crippen molar-refractivity contribution in [3.8, 4) is 0 Å². The first kappa shape index (κ1) is 12.9. The zero-order valence-electron chi connectivity index (χ0n) is 9.00. The quantitative estimate of drug-likeness (QED) is 0.857. The van der Waals surface area contributed by atoms with Crippen molar-refractivity contribution in [3.63, 3.8) is 0 Å². The van der Waals surface area contributed by atoms with E-state index in [0.29, 0.717) is 5.56 Å².